The maximum Gasteiger partial charge on any atom is 2.00 e. The van der Waals surface area contributed by atoms with Crippen LogP contribution in [0.4, 0.5) is 0 Å². The molecule has 0 saturated carbocycles. The van der Waals surface area contributed by atoms with E-state index in [0.29, 0.717) is 12.1 Å². The third-order valence-electron chi connectivity index (χ3n) is 2.29. The van der Waals surface area contributed by atoms with Crippen molar-refractivity contribution < 1.29 is 45.9 Å². The van der Waals surface area contributed by atoms with Crippen molar-refractivity contribution in [1.29, 1.82) is 0 Å². The molecule has 78 valence electrons. The Labute approximate surface area is 102 Å². The van der Waals surface area contributed by atoms with E-state index in [-0.39, 0.29) is 45.9 Å². The Morgan fingerprint density at radius 3 is 2.08 bits per heavy atom. The van der Waals surface area contributed by atoms with Gasteiger partial charge in [-0.2, -0.15) is 0 Å². The van der Waals surface area contributed by atoms with Crippen LogP contribution in [0.2, 0.25) is 0 Å². The first kappa shape index (κ1) is 18.9. The first-order chi connectivity index (χ1) is 4.25. The summed E-state index contributed by atoms with van der Waals surface area (Å²) in [5, 5.41) is 0. The quantitative estimate of drug-likeness (QED) is 0.481. The largest absolute Gasteiger partial charge is 2.00 e. The van der Waals surface area contributed by atoms with Crippen LogP contribution >= 0.6 is 0 Å². The molecule has 0 amide bonds. The average Bonchev–Trinajstić information content (AvgIpc) is 2.12. The molecule has 1 saturated heterocycles. The molecule has 0 spiro atoms. The SMILES string of the molecule is CCC1C(N)CCN1C.[Cl-].[Cl-].[Pt+2]. The monoisotopic (exact) mass is 393 g/mol. The van der Waals surface area contributed by atoms with Gasteiger partial charge in [0.05, 0.1) is 0 Å². The van der Waals surface area contributed by atoms with Crippen LogP contribution in [0.3, 0.4) is 0 Å². The molecule has 1 aliphatic rings. The van der Waals surface area contributed by atoms with E-state index in [1.165, 1.54) is 19.4 Å². The minimum Gasteiger partial charge on any atom is -1.00 e. The number of nitrogens with two attached hydrogens (primary N) is 1. The fourth-order valence-electron chi connectivity index (χ4n) is 1.65. The normalized spacial score (nSPS) is 28.2. The van der Waals surface area contributed by atoms with Gasteiger partial charge in [0, 0.05) is 12.1 Å². The van der Waals surface area contributed by atoms with E-state index in [4.69, 9.17) is 5.73 Å². The first-order valence-electron chi connectivity index (χ1n) is 3.71. The van der Waals surface area contributed by atoms with Crippen molar-refractivity contribution in [2.24, 2.45) is 5.73 Å². The van der Waals surface area contributed by atoms with Crippen molar-refractivity contribution in [3.8, 4) is 0 Å². The average molecular weight is 394 g/mol. The zero-order chi connectivity index (χ0) is 6.85. The standard InChI is InChI=1S/C7H16N2.2ClH.Pt/c1-3-7-6(8)4-5-9(7)2;;;/h6-7H,3-5,8H2,1-2H3;2*1H;/q;;;+2/p-2. The molecule has 12 heavy (non-hydrogen) atoms. The third-order valence-corrected chi connectivity index (χ3v) is 2.29. The van der Waals surface area contributed by atoms with E-state index in [9.17, 15) is 0 Å². The summed E-state index contributed by atoms with van der Waals surface area (Å²) >= 11 is 0. The Hall–Kier alpha value is 1.19. The maximum absolute atomic E-state index is 5.84. The number of nitrogens with zero attached hydrogens (tertiary/aromatic N) is 1. The second-order valence-corrected chi connectivity index (χ2v) is 2.91. The molecule has 1 rings (SSSR count). The molecule has 0 aromatic carbocycles. The molecule has 2 nitrogen and oxygen atoms in total. The van der Waals surface area contributed by atoms with Crippen molar-refractivity contribution in [2.75, 3.05) is 13.6 Å². The van der Waals surface area contributed by atoms with Crippen molar-refractivity contribution in [3.05, 3.63) is 0 Å². The zero-order valence-corrected chi connectivity index (χ0v) is 11.2. The Bertz CT molecular complexity index is 95.4. The van der Waals surface area contributed by atoms with Gasteiger partial charge in [0.1, 0.15) is 0 Å². The van der Waals surface area contributed by atoms with E-state index in [2.05, 4.69) is 18.9 Å². The molecule has 1 aliphatic heterocycles. The van der Waals surface area contributed by atoms with Crippen LogP contribution in [0.5, 0.6) is 0 Å². The molecule has 0 aromatic heterocycles. The van der Waals surface area contributed by atoms with Gasteiger partial charge in [0.15, 0.2) is 0 Å². The van der Waals surface area contributed by atoms with E-state index in [1.807, 2.05) is 0 Å². The molecule has 2 atom stereocenters. The van der Waals surface area contributed by atoms with Gasteiger partial charge in [0.2, 0.25) is 0 Å². The number of hydrogen-bond acceptors (Lipinski definition) is 2. The van der Waals surface area contributed by atoms with Crippen molar-refractivity contribution in [2.45, 2.75) is 31.8 Å². The fraction of sp³-hybridized carbons (Fsp3) is 1.00. The Morgan fingerprint density at radius 2 is 1.92 bits per heavy atom. The minimum absolute atomic E-state index is 0. The zero-order valence-electron chi connectivity index (χ0n) is 7.37. The smallest absolute Gasteiger partial charge is 1.00 e. The van der Waals surface area contributed by atoms with Gasteiger partial charge >= 0.3 is 21.1 Å². The van der Waals surface area contributed by atoms with E-state index in [1.54, 1.807) is 0 Å². The predicted molar refractivity (Wildman–Crippen MR) is 39.3 cm³/mol. The summed E-state index contributed by atoms with van der Waals surface area (Å²) in [6.07, 6.45) is 2.37. The number of hydrogen-bond donors (Lipinski definition) is 1. The molecular formula is C7H16Cl2N2Pt. The summed E-state index contributed by atoms with van der Waals surface area (Å²) in [5.41, 5.74) is 5.84. The van der Waals surface area contributed by atoms with Crippen LogP contribution in [0.25, 0.3) is 0 Å². The van der Waals surface area contributed by atoms with Crippen LogP contribution in [-0.4, -0.2) is 30.6 Å². The van der Waals surface area contributed by atoms with Crippen LogP contribution in [0.1, 0.15) is 19.8 Å². The Kier molecular flexibility index (Phi) is 13.8. The summed E-state index contributed by atoms with van der Waals surface area (Å²) in [6, 6.07) is 1.07. The molecule has 0 aromatic rings. The van der Waals surface area contributed by atoms with Crippen molar-refractivity contribution in [3.63, 3.8) is 0 Å². The summed E-state index contributed by atoms with van der Waals surface area (Å²) < 4.78 is 0. The second-order valence-electron chi connectivity index (χ2n) is 2.91. The van der Waals surface area contributed by atoms with Gasteiger partial charge in [-0.15, -0.1) is 0 Å². The van der Waals surface area contributed by atoms with Gasteiger partial charge in [-0.05, 0) is 26.4 Å². The molecule has 5 heteroatoms. The number of likely N-dealkylation sites (N-methyl/N-ethyl adjacent to an activating group) is 1. The minimum atomic E-state index is 0. The Morgan fingerprint density at radius 1 is 1.42 bits per heavy atom. The summed E-state index contributed by atoms with van der Waals surface area (Å²) in [6.45, 7) is 3.38. The van der Waals surface area contributed by atoms with E-state index in [0.717, 1.165) is 0 Å². The Balaban J connectivity index is -0.000000270. The van der Waals surface area contributed by atoms with Crippen LogP contribution < -0.4 is 30.5 Å². The number of halogens is 2. The molecule has 2 unspecified atom stereocenters. The molecule has 0 radical (unpaired) electrons. The van der Waals surface area contributed by atoms with Crippen molar-refractivity contribution in [1.82, 2.24) is 4.90 Å². The second kappa shape index (κ2) is 8.77. The summed E-state index contributed by atoms with van der Waals surface area (Å²) in [7, 11) is 2.15. The third kappa shape index (κ3) is 4.43. The van der Waals surface area contributed by atoms with Gasteiger partial charge in [-0.1, -0.05) is 6.92 Å². The maximum atomic E-state index is 5.84. The van der Waals surface area contributed by atoms with E-state index < -0.39 is 0 Å². The predicted octanol–water partition coefficient (Wildman–Crippen LogP) is -5.57. The van der Waals surface area contributed by atoms with Crippen LogP contribution in [0, 0.1) is 0 Å². The van der Waals surface area contributed by atoms with Gasteiger partial charge in [-0.3, -0.25) is 0 Å². The molecule has 0 aliphatic carbocycles. The number of likely N-dealkylation sites (tertiary alicyclic amines) is 1. The molecule has 1 heterocycles. The summed E-state index contributed by atoms with van der Waals surface area (Å²) in [4.78, 5) is 2.35. The van der Waals surface area contributed by atoms with Gasteiger partial charge < -0.3 is 35.4 Å². The molecular weight excluding hydrogens is 378 g/mol. The number of rotatable bonds is 1. The summed E-state index contributed by atoms with van der Waals surface area (Å²) in [5.74, 6) is 0. The molecule has 2 N–H and O–H groups in total. The fourth-order valence-corrected chi connectivity index (χ4v) is 1.65. The van der Waals surface area contributed by atoms with Crippen LogP contribution in [0.15, 0.2) is 0 Å². The first-order valence-corrected chi connectivity index (χ1v) is 3.71. The van der Waals surface area contributed by atoms with Crippen molar-refractivity contribution >= 4 is 0 Å². The molecule has 1 fully saturated rings. The van der Waals surface area contributed by atoms with Gasteiger partial charge in [0.25, 0.3) is 0 Å². The topological polar surface area (TPSA) is 29.3 Å². The van der Waals surface area contributed by atoms with E-state index >= 15 is 0 Å². The molecule has 0 bridgehead atoms. The van der Waals surface area contributed by atoms with Crippen LogP contribution in [-0.2, 0) is 21.1 Å². The van der Waals surface area contributed by atoms with Gasteiger partial charge in [-0.25, -0.2) is 0 Å².